The summed E-state index contributed by atoms with van der Waals surface area (Å²) in [5.74, 6) is 2.04. The molecule has 0 saturated heterocycles. The summed E-state index contributed by atoms with van der Waals surface area (Å²) in [6, 6.07) is 3.78. The minimum atomic E-state index is 0.324. The fourth-order valence-electron chi connectivity index (χ4n) is 1.83. The molecule has 0 aliphatic heterocycles. The van der Waals surface area contributed by atoms with Crippen LogP contribution in [0.1, 0.15) is 18.3 Å². The lowest BCUT2D eigenvalue weighted by atomic mass is 10.2. The molecule has 1 aromatic heterocycles. The number of aryl methyl sites for hydroxylation is 1. The van der Waals surface area contributed by atoms with E-state index in [9.17, 15) is 0 Å². The molecule has 0 spiro atoms. The van der Waals surface area contributed by atoms with E-state index >= 15 is 0 Å². The van der Waals surface area contributed by atoms with Gasteiger partial charge in [0.1, 0.15) is 12.9 Å². The van der Waals surface area contributed by atoms with Gasteiger partial charge in [0.05, 0.1) is 11.6 Å². The third-order valence-corrected chi connectivity index (χ3v) is 3.45. The van der Waals surface area contributed by atoms with Gasteiger partial charge in [-0.25, -0.2) is 9.67 Å². The van der Waals surface area contributed by atoms with E-state index in [-0.39, 0.29) is 0 Å². The van der Waals surface area contributed by atoms with Crippen LogP contribution in [0.5, 0.6) is 11.5 Å². The molecule has 2 N–H and O–H groups in total. The summed E-state index contributed by atoms with van der Waals surface area (Å²) in [5.41, 5.74) is 6.61. The van der Waals surface area contributed by atoms with Gasteiger partial charge in [0.15, 0.2) is 17.3 Å². The highest BCUT2D eigenvalue weighted by atomic mass is 79.9. The zero-order valence-electron chi connectivity index (χ0n) is 11.5. The summed E-state index contributed by atoms with van der Waals surface area (Å²) in [7, 11) is 1.60. The molecule has 0 saturated carbocycles. The zero-order chi connectivity index (χ0) is 14.5. The molecule has 0 aliphatic carbocycles. The molecule has 108 valence electrons. The van der Waals surface area contributed by atoms with Gasteiger partial charge in [0.25, 0.3) is 0 Å². The van der Waals surface area contributed by atoms with Gasteiger partial charge in [-0.1, -0.05) is 0 Å². The number of benzene rings is 1. The topological polar surface area (TPSA) is 75.2 Å². The number of hydrogen-bond donors (Lipinski definition) is 1. The summed E-state index contributed by atoms with van der Waals surface area (Å²) >= 11 is 3.48. The second kappa shape index (κ2) is 6.71. The Labute approximate surface area is 126 Å². The van der Waals surface area contributed by atoms with Crippen LogP contribution in [0.15, 0.2) is 22.9 Å². The van der Waals surface area contributed by atoms with Crippen LogP contribution in [0, 0.1) is 0 Å². The average Bonchev–Trinajstić information content (AvgIpc) is 2.92. The first-order chi connectivity index (χ1) is 9.69. The first-order valence-electron chi connectivity index (χ1n) is 6.25. The van der Waals surface area contributed by atoms with Crippen molar-refractivity contribution in [2.45, 2.75) is 26.6 Å². The molecule has 6 nitrogen and oxygen atoms in total. The van der Waals surface area contributed by atoms with Crippen LogP contribution >= 0.6 is 15.9 Å². The molecular formula is C13H17BrN4O2. The lowest BCUT2D eigenvalue weighted by Gasteiger charge is -2.14. The van der Waals surface area contributed by atoms with Crippen molar-refractivity contribution < 1.29 is 9.47 Å². The van der Waals surface area contributed by atoms with Gasteiger partial charge in [0.2, 0.25) is 0 Å². The first-order valence-corrected chi connectivity index (χ1v) is 7.04. The van der Waals surface area contributed by atoms with Crippen LogP contribution in [0.2, 0.25) is 0 Å². The van der Waals surface area contributed by atoms with Crippen molar-refractivity contribution in [3.8, 4) is 11.5 Å². The highest BCUT2D eigenvalue weighted by molar-refractivity contribution is 9.10. The maximum absolute atomic E-state index is 5.81. The predicted octanol–water partition coefficient (Wildman–Crippen LogP) is 2.11. The number of hydrogen-bond acceptors (Lipinski definition) is 5. The molecule has 0 bridgehead atoms. The monoisotopic (exact) mass is 340 g/mol. The van der Waals surface area contributed by atoms with Gasteiger partial charge >= 0.3 is 0 Å². The van der Waals surface area contributed by atoms with Crippen molar-refractivity contribution in [1.29, 1.82) is 0 Å². The number of ether oxygens (including phenoxy) is 2. The second-order valence-corrected chi connectivity index (χ2v) is 4.95. The van der Waals surface area contributed by atoms with E-state index in [1.807, 2.05) is 19.1 Å². The highest BCUT2D eigenvalue weighted by Crippen LogP contribution is 2.37. The Morgan fingerprint density at radius 2 is 2.20 bits per heavy atom. The lowest BCUT2D eigenvalue weighted by molar-refractivity contribution is 0.268. The molecular weight excluding hydrogens is 324 g/mol. The Bertz CT molecular complexity index is 586. The number of nitrogens with zero attached hydrogens (tertiary/aromatic N) is 3. The van der Waals surface area contributed by atoms with Crippen LogP contribution in [-0.2, 0) is 19.7 Å². The van der Waals surface area contributed by atoms with E-state index in [1.54, 1.807) is 11.8 Å². The van der Waals surface area contributed by atoms with Crippen LogP contribution in [0.25, 0.3) is 0 Å². The Kier molecular flexibility index (Phi) is 4.97. The Balaban J connectivity index is 2.21. The summed E-state index contributed by atoms with van der Waals surface area (Å²) in [4.78, 5) is 4.17. The van der Waals surface area contributed by atoms with Gasteiger partial charge in [0, 0.05) is 13.1 Å². The van der Waals surface area contributed by atoms with Gasteiger partial charge in [-0.3, -0.25) is 0 Å². The molecule has 0 radical (unpaired) electrons. The summed E-state index contributed by atoms with van der Waals surface area (Å²) in [6.07, 6.45) is 1.52. The molecule has 2 rings (SSSR count). The number of rotatable bonds is 6. The average molecular weight is 341 g/mol. The van der Waals surface area contributed by atoms with Gasteiger partial charge < -0.3 is 15.2 Å². The quantitative estimate of drug-likeness (QED) is 0.871. The minimum absolute atomic E-state index is 0.324. The summed E-state index contributed by atoms with van der Waals surface area (Å²) in [6.45, 7) is 3.53. The van der Waals surface area contributed by atoms with E-state index < -0.39 is 0 Å². The van der Waals surface area contributed by atoms with Gasteiger partial charge in [-0.05, 0) is 40.5 Å². The van der Waals surface area contributed by atoms with E-state index in [4.69, 9.17) is 15.2 Å². The maximum Gasteiger partial charge on any atom is 0.176 e. The van der Waals surface area contributed by atoms with Crippen LogP contribution in [0.4, 0.5) is 0 Å². The van der Waals surface area contributed by atoms with E-state index in [0.717, 1.165) is 22.4 Å². The third kappa shape index (κ3) is 3.10. The second-order valence-electron chi connectivity index (χ2n) is 4.09. The predicted molar refractivity (Wildman–Crippen MR) is 78.6 cm³/mol. The lowest BCUT2D eigenvalue weighted by Crippen LogP contribution is -2.08. The van der Waals surface area contributed by atoms with Crippen LogP contribution in [0.3, 0.4) is 0 Å². The SMILES string of the molecule is CCn1ncnc1COc1c(Br)cc(CN)cc1OC. The zero-order valence-corrected chi connectivity index (χ0v) is 13.1. The van der Waals surface area contributed by atoms with Crippen LogP contribution in [-0.4, -0.2) is 21.9 Å². The maximum atomic E-state index is 5.81. The Hall–Kier alpha value is -1.60. The molecule has 20 heavy (non-hydrogen) atoms. The van der Waals surface area contributed by atoms with Crippen molar-refractivity contribution >= 4 is 15.9 Å². The number of aromatic nitrogens is 3. The third-order valence-electron chi connectivity index (χ3n) is 2.87. The van der Waals surface area contributed by atoms with Crippen molar-refractivity contribution in [2.24, 2.45) is 5.73 Å². The normalized spacial score (nSPS) is 10.6. The van der Waals surface area contributed by atoms with Crippen molar-refractivity contribution in [3.63, 3.8) is 0 Å². The van der Waals surface area contributed by atoms with Gasteiger partial charge in [-0.2, -0.15) is 5.10 Å². The van der Waals surface area contributed by atoms with Crippen molar-refractivity contribution in [2.75, 3.05) is 7.11 Å². The smallest absolute Gasteiger partial charge is 0.176 e. The molecule has 2 aromatic rings. The molecule has 1 heterocycles. The molecule has 0 fully saturated rings. The molecule has 0 unspecified atom stereocenters. The molecule has 0 amide bonds. The Morgan fingerprint density at radius 3 is 2.85 bits per heavy atom. The molecule has 0 atom stereocenters. The largest absolute Gasteiger partial charge is 0.493 e. The molecule has 7 heteroatoms. The van der Waals surface area contributed by atoms with E-state index in [1.165, 1.54) is 6.33 Å². The summed E-state index contributed by atoms with van der Waals surface area (Å²) < 4.78 is 13.7. The fourth-order valence-corrected chi connectivity index (χ4v) is 2.44. The number of methoxy groups -OCH3 is 1. The first kappa shape index (κ1) is 14.8. The van der Waals surface area contributed by atoms with Crippen LogP contribution < -0.4 is 15.2 Å². The molecule has 0 aliphatic rings. The van der Waals surface area contributed by atoms with Gasteiger partial charge in [-0.15, -0.1) is 0 Å². The van der Waals surface area contributed by atoms with Crippen molar-refractivity contribution in [1.82, 2.24) is 14.8 Å². The highest BCUT2D eigenvalue weighted by Gasteiger charge is 2.13. The Morgan fingerprint density at radius 1 is 1.40 bits per heavy atom. The number of halogens is 1. The standard InChI is InChI=1S/C13H17BrN4O2/c1-3-18-12(16-8-17-18)7-20-13-10(14)4-9(6-15)5-11(13)19-2/h4-5,8H,3,6-7,15H2,1-2H3. The van der Waals surface area contributed by atoms with Crippen molar-refractivity contribution in [3.05, 3.63) is 34.3 Å². The minimum Gasteiger partial charge on any atom is -0.493 e. The molecule has 1 aromatic carbocycles. The van der Waals surface area contributed by atoms with E-state index in [2.05, 4.69) is 26.0 Å². The van der Waals surface area contributed by atoms with E-state index in [0.29, 0.717) is 24.7 Å². The number of nitrogens with two attached hydrogens (primary N) is 1. The fraction of sp³-hybridized carbons (Fsp3) is 0.385. The summed E-state index contributed by atoms with van der Waals surface area (Å²) in [5, 5.41) is 4.11.